The minimum absolute atomic E-state index is 0.105. The zero-order valence-electron chi connectivity index (χ0n) is 13.4. The van der Waals surface area contributed by atoms with E-state index in [0.717, 1.165) is 56.2 Å². The van der Waals surface area contributed by atoms with Crippen LogP contribution < -0.4 is 5.56 Å². The van der Waals surface area contributed by atoms with Crippen molar-refractivity contribution < 1.29 is 4.74 Å². The highest BCUT2D eigenvalue weighted by molar-refractivity contribution is 5.10. The van der Waals surface area contributed by atoms with Crippen molar-refractivity contribution in [1.82, 2.24) is 19.9 Å². The van der Waals surface area contributed by atoms with Crippen LogP contribution in [0.2, 0.25) is 0 Å². The molecular weight excluding hydrogens is 292 g/mol. The van der Waals surface area contributed by atoms with Crippen LogP contribution in [-0.2, 0) is 17.7 Å². The molecule has 0 spiro atoms. The van der Waals surface area contributed by atoms with Crippen LogP contribution >= 0.6 is 0 Å². The predicted octanol–water partition coefficient (Wildman–Crippen LogP) is 1.31. The van der Waals surface area contributed by atoms with Gasteiger partial charge in [0.1, 0.15) is 0 Å². The van der Waals surface area contributed by atoms with Gasteiger partial charge < -0.3 is 9.72 Å². The van der Waals surface area contributed by atoms with Crippen molar-refractivity contribution in [3.8, 4) is 0 Å². The van der Waals surface area contributed by atoms with Crippen LogP contribution in [0.1, 0.15) is 23.5 Å². The van der Waals surface area contributed by atoms with Crippen LogP contribution in [-0.4, -0.2) is 45.7 Å². The number of rotatable bonds is 5. The maximum atomic E-state index is 11.3. The van der Waals surface area contributed by atoms with Crippen LogP contribution in [0.4, 0.5) is 0 Å². The highest BCUT2D eigenvalue weighted by Gasteiger charge is 2.20. The zero-order valence-corrected chi connectivity index (χ0v) is 13.4. The normalized spacial score (nSPS) is 18.9. The van der Waals surface area contributed by atoms with Gasteiger partial charge in [-0.3, -0.25) is 14.7 Å². The molecule has 3 heterocycles. The fraction of sp³-hybridized carbons (Fsp3) is 0.471. The molecular formula is C17H22N4O2. The fourth-order valence-corrected chi connectivity index (χ4v) is 2.87. The molecule has 23 heavy (non-hydrogen) atoms. The summed E-state index contributed by atoms with van der Waals surface area (Å²) in [5.74, 6) is 0. The first-order chi connectivity index (χ1) is 11.2. The Hall–Kier alpha value is -2.05. The van der Waals surface area contributed by atoms with Gasteiger partial charge in [-0.15, -0.1) is 0 Å². The Balaban J connectivity index is 1.52. The third-order valence-corrected chi connectivity index (χ3v) is 4.01. The second kappa shape index (κ2) is 7.48. The molecule has 6 heteroatoms. The number of hydrogen-bond donors (Lipinski definition) is 1. The molecule has 0 amide bonds. The summed E-state index contributed by atoms with van der Waals surface area (Å²) in [6.07, 6.45) is 3.25. The molecule has 0 aliphatic carbocycles. The lowest BCUT2D eigenvalue weighted by molar-refractivity contribution is -0.0350. The van der Waals surface area contributed by atoms with E-state index in [9.17, 15) is 4.79 Å². The lowest BCUT2D eigenvalue weighted by atomic mass is 10.1. The van der Waals surface area contributed by atoms with Gasteiger partial charge in [-0.25, -0.2) is 4.98 Å². The minimum Gasteiger partial charge on any atom is -0.376 e. The van der Waals surface area contributed by atoms with Crippen LogP contribution in [0.5, 0.6) is 0 Å². The van der Waals surface area contributed by atoms with Crippen molar-refractivity contribution in [3.63, 3.8) is 0 Å². The third-order valence-electron chi connectivity index (χ3n) is 4.01. The first-order valence-electron chi connectivity index (χ1n) is 7.99. The van der Waals surface area contributed by atoms with E-state index < -0.39 is 0 Å². The molecule has 0 radical (unpaired) electrons. The number of nitrogens with zero attached hydrogens (tertiary/aromatic N) is 3. The average Bonchev–Trinajstić information content (AvgIpc) is 2.53. The summed E-state index contributed by atoms with van der Waals surface area (Å²) in [7, 11) is 0. The molecule has 0 saturated carbocycles. The van der Waals surface area contributed by atoms with E-state index in [1.807, 2.05) is 19.1 Å². The van der Waals surface area contributed by atoms with E-state index in [1.54, 1.807) is 6.07 Å². The molecule has 0 aromatic carbocycles. The number of aromatic nitrogens is 3. The number of H-pyrrole nitrogens is 1. The first-order valence-corrected chi connectivity index (χ1v) is 7.99. The predicted molar refractivity (Wildman–Crippen MR) is 87.2 cm³/mol. The Kier molecular flexibility index (Phi) is 5.15. The number of morpholine rings is 1. The van der Waals surface area contributed by atoms with E-state index >= 15 is 0 Å². The number of aromatic amines is 1. The van der Waals surface area contributed by atoms with Gasteiger partial charge in [0.2, 0.25) is 0 Å². The lowest BCUT2D eigenvalue weighted by Crippen LogP contribution is -2.42. The molecule has 6 nitrogen and oxygen atoms in total. The molecule has 1 unspecified atom stereocenters. The molecule has 3 rings (SSSR count). The molecule has 0 bridgehead atoms. The molecule has 122 valence electrons. The lowest BCUT2D eigenvalue weighted by Gasteiger charge is -2.32. The van der Waals surface area contributed by atoms with Crippen molar-refractivity contribution in [2.24, 2.45) is 0 Å². The van der Waals surface area contributed by atoms with Crippen LogP contribution in [0.15, 0.2) is 35.4 Å². The van der Waals surface area contributed by atoms with E-state index in [1.165, 1.54) is 6.33 Å². The SMILES string of the molecule is Cc1cccc(CN2CCOC(CCc3cc(=O)[nH]cn3)C2)n1. The smallest absolute Gasteiger partial charge is 0.250 e. The summed E-state index contributed by atoms with van der Waals surface area (Å²) in [6, 6.07) is 7.68. The molecule has 1 saturated heterocycles. The molecule has 2 aromatic rings. The number of hydrogen-bond acceptors (Lipinski definition) is 5. The highest BCUT2D eigenvalue weighted by Crippen LogP contribution is 2.13. The van der Waals surface area contributed by atoms with Crippen molar-refractivity contribution in [3.05, 3.63) is 58.0 Å². The number of aryl methyl sites for hydroxylation is 2. The molecule has 2 aromatic heterocycles. The third kappa shape index (κ3) is 4.71. The standard InChI is InChI=1S/C17H22N4O2/c1-13-3-2-4-15(20-13)10-21-7-8-23-16(11-21)6-5-14-9-17(22)19-12-18-14/h2-4,9,12,16H,5-8,10-11H2,1H3,(H,18,19,22). The van der Waals surface area contributed by atoms with Crippen LogP contribution in [0.3, 0.4) is 0 Å². The summed E-state index contributed by atoms with van der Waals surface area (Å²) in [6.45, 7) is 5.42. The second-order valence-electron chi connectivity index (χ2n) is 5.94. The van der Waals surface area contributed by atoms with Crippen LogP contribution in [0.25, 0.3) is 0 Å². The maximum absolute atomic E-state index is 11.3. The van der Waals surface area contributed by atoms with Gasteiger partial charge in [-0.2, -0.15) is 0 Å². The van der Waals surface area contributed by atoms with Crippen molar-refractivity contribution in [1.29, 1.82) is 0 Å². The fourth-order valence-electron chi connectivity index (χ4n) is 2.87. The maximum Gasteiger partial charge on any atom is 0.250 e. The second-order valence-corrected chi connectivity index (χ2v) is 5.94. The van der Waals surface area contributed by atoms with Gasteiger partial charge in [0.15, 0.2) is 0 Å². The molecule has 1 N–H and O–H groups in total. The monoisotopic (exact) mass is 314 g/mol. The number of nitrogens with one attached hydrogen (secondary N) is 1. The van der Waals surface area contributed by atoms with Gasteiger partial charge in [0, 0.05) is 37.1 Å². The van der Waals surface area contributed by atoms with Crippen molar-refractivity contribution >= 4 is 0 Å². The summed E-state index contributed by atoms with van der Waals surface area (Å²) in [5.41, 5.74) is 2.86. The Labute approximate surface area is 135 Å². The first kappa shape index (κ1) is 15.8. The summed E-state index contributed by atoms with van der Waals surface area (Å²) in [5, 5.41) is 0. The highest BCUT2D eigenvalue weighted by atomic mass is 16.5. The Morgan fingerprint density at radius 3 is 3.13 bits per heavy atom. The van der Waals surface area contributed by atoms with Crippen molar-refractivity contribution in [2.75, 3.05) is 19.7 Å². The summed E-state index contributed by atoms with van der Waals surface area (Å²) in [4.78, 5) is 24.9. The average molecular weight is 314 g/mol. The van der Waals surface area contributed by atoms with E-state index in [2.05, 4.69) is 25.9 Å². The molecule has 1 aliphatic rings. The quantitative estimate of drug-likeness (QED) is 0.901. The Bertz CT molecular complexity index is 701. The topological polar surface area (TPSA) is 71.1 Å². The Morgan fingerprint density at radius 1 is 1.39 bits per heavy atom. The van der Waals surface area contributed by atoms with Gasteiger partial charge in [-0.1, -0.05) is 6.07 Å². The summed E-state index contributed by atoms with van der Waals surface area (Å²) < 4.78 is 5.85. The van der Waals surface area contributed by atoms with E-state index in [-0.39, 0.29) is 11.7 Å². The summed E-state index contributed by atoms with van der Waals surface area (Å²) >= 11 is 0. The molecule has 1 fully saturated rings. The minimum atomic E-state index is -0.105. The molecule has 1 aliphatic heterocycles. The Morgan fingerprint density at radius 2 is 2.30 bits per heavy atom. The number of ether oxygens (including phenoxy) is 1. The van der Waals surface area contributed by atoms with E-state index in [4.69, 9.17) is 4.74 Å². The van der Waals surface area contributed by atoms with Gasteiger partial charge in [0.25, 0.3) is 5.56 Å². The number of pyridine rings is 1. The van der Waals surface area contributed by atoms with E-state index in [0.29, 0.717) is 0 Å². The zero-order chi connectivity index (χ0) is 16.1. The largest absolute Gasteiger partial charge is 0.376 e. The van der Waals surface area contributed by atoms with Gasteiger partial charge >= 0.3 is 0 Å². The van der Waals surface area contributed by atoms with Gasteiger partial charge in [-0.05, 0) is 31.9 Å². The van der Waals surface area contributed by atoms with Crippen LogP contribution in [0, 0.1) is 6.92 Å². The van der Waals surface area contributed by atoms with Crippen molar-refractivity contribution in [2.45, 2.75) is 32.4 Å². The van der Waals surface area contributed by atoms with Gasteiger partial charge in [0.05, 0.1) is 24.7 Å². The molecule has 1 atom stereocenters.